The van der Waals surface area contributed by atoms with Crippen LogP contribution in [0.2, 0.25) is 5.02 Å². The summed E-state index contributed by atoms with van der Waals surface area (Å²) in [4.78, 5) is 22.7. The van der Waals surface area contributed by atoms with Crippen molar-refractivity contribution in [1.29, 1.82) is 0 Å². The molecule has 5 heteroatoms. The number of hydrogen-bond acceptors (Lipinski definition) is 2. The summed E-state index contributed by atoms with van der Waals surface area (Å²) in [5.41, 5.74) is 1.49. The van der Waals surface area contributed by atoms with Gasteiger partial charge in [0.25, 0.3) is 0 Å². The summed E-state index contributed by atoms with van der Waals surface area (Å²) in [5, 5.41) is 12.2. The highest BCUT2D eigenvalue weighted by molar-refractivity contribution is 6.30. The van der Waals surface area contributed by atoms with Crippen molar-refractivity contribution in [2.75, 3.05) is 5.32 Å². The predicted molar refractivity (Wildman–Crippen MR) is 70.8 cm³/mol. The number of carbonyl (C=O) groups excluding carboxylic acids is 1. The van der Waals surface area contributed by atoms with Gasteiger partial charge in [-0.05, 0) is 30.7 Å². The van der Waals surface area contributed by atoms with E-state index in [9.17, 15) is 9.59 Å². The molecule has 1 rings (SSSR count). The lowest BCUT2D eigenvalue weighted by atomic mass is 9.95. The molecular weight excluding hydrogens is 254 g/mol. The monoisotopic (exact) mass is 269 g/mol. The average molecular weight is 270 g/mol. The SMILES string of the molecule is Cc1cc(Cl)ccc1NC(=O)C(C)C(C)C(=O)O. The van der Waals surface area contributed by atoms with E-state index in [-0.39, 0.29) is 5.91 Å². The van der Waals surface area contributed by atoms with Crippen LogP contribution in [0.3, 0.4) is 0 Å². The molecule has 0 aliphatic carbocycles. The van der Waals surface area contributed by atoms with E-state index in [1.54, 1.807) is 25.1 Å². The fourth-order valence-electron chi connectivity index (χ4n) is 1.45. The number of halogens is 1. The fraction of sp³-hybridized carbons (Fsp3) is 0.385. The number of carbonyl (C=O) groups is 2. The number of carboxylic acids is 1. The first-order valence-electron chi connectivity index (χ1n) is 5.62. The van der Waals surface area contributed by atoms with Gasteiger partial charge in [0, 0.05) is 16.6 Å². The molecule has 0 spiro atoms. The maximum Gasteiger partial charge on any atom is 0.307 e. The molecule has 2 unspecified atom stereocenters. The molecule has 2 N–H and O–H groups in total. The minimum atomic E-state index is -0.981. The molecule has 0 heterocycles. The van der Waals surface area contributed by atoms with Crippen LogP contribution in [0.25, 0.3) is 0 Å². The summed E-state index contributed by atoms with van der Waals surface area (Å²) in [6.07, 6.45) is 0. The summed E-state index contributed by atoms with van der Waals surface area (Å²) in [5.74, 6) is -2.61. The Bertz CT molecular complexity index is 473. The minimum Gasteiger partial charge on any atom is -0.481 e. The van der Waals surface area contributed by atoms with E-state index in [1.165, 1.54) is 6.92 Å². The van der Waals surface area contributed by atoms with E-state index in [1.807, 2.05) is 6.92 Å². The number of amides is 1. The molecule has 98 valence electrons. The third kappa shape index (κ3) is 3.47. The van der Waals surface area contributed by atoms with Gasteiger partial charge in [-0.3, -0.25) is 9.59 Å². The Morgan fingerprint density at radius 1 is 1.28 bits per heavy atom. The van der Waals surface area contributed by atoms with Gasteiger partial charge in [0.2, 0.25) is 5.91 Å². The highest BCUT2D eigenvalue weighted by Gasteiger charge is 2.25. The first-order valence-corrected chi connectivity index (χ1v) is 6.00. The second-order valence-corrected chi connectivity index (χ2v) is 4.80. The number of aryl methyl sites for hydroxylation is 1. The maximum atomic E-state index is 11.9. The lowest BCUT2D eigenvalue weighted by molar-refractivity contribution is -0.145. The molecule has 0 bridgehead atoms. The van der Waals surface area contributed by atoms with Crippen molar-refractivity contribution in [2.45, 2.75) is 20.8 Å². The number of aliphatic carboxylic acids is 1. The first kappa shape index (κ1) is 14.5. The number of anilines is 1. The van der Waals surface area contributed by atoms with E-state index >= 15 is 0 Å². The van der Waals surface area contributed by atoms with Crippen molar-refractivity contribution in [2.24, 2.45) is 11.8 Å². The van der Waals surface area contributed by atoms with Gasteiger partial charge >= 0.3 is 5.97 Å². The normalized spacial score (nSPS) is 13.8. The van der Waals surface area contributed by atoms with Gasteiger partial charge in [-0.25, -0.2) is 0 Å². The Morgan fingerprint density at radius 3 is 2.39 bits per heavy atom. The highest BCUT2D eigenvalue weighted by atomic mass is 35.5. The number of rotatable bonds is 4. The third-order valence-corrected chi connectivity index (χ3v) is 3.23. The Balaban J connectivity index is 2.78. The summed E-state index contributed by atoms with van der Waals surface area (Å²) in [7, 11) is 0. The van der Waals surface area contributed by atoms with Crippen LogP contribution in [-0.4, -0.2) is 17.0 Å². The highest BCUT2D eigenvalue weighted by Crippen LogP contribution is 2.21. The molecule has 1 amide bonds. The van der Waals surface area contributed by atoms with Crippen LogP contribution in [-0.2, 0) is 9.59 Å². The van der Waals surface area contributed by atoms with Gasteiger partial charge in [0.15, 0.2) is 0 Å². The molecule has 2 atom stereocenters. The largest absolute Gasteiger partial charge is 0.481 e. The van der Waals surface area contributed by atoms with Crippen LogP contribution in [0.1, 0.15) is 19.4 Å². The van der Waals surface area contributed by atoms with Crippen molar-refractivity contribution in [3.8, 4) is 0 Å². The fourth-order valence-corrected chi connectivity index (χ4v) is 1.68. The minimum absolute atomic E-state index is 0.310. The van der Waals surface area contributed by atoms with E-state index in [4.69, 9.17) is 16.7 Å². The van der Waals surface area contributed by atoms with Gasteiger partial charge in [-0.15, -0.1) is 0 Å². The molecule has 0 saturated heterocycles. The van der Waals surface area contributed by atoms with Crippen LogP contribution in [0.4, 0.5) is 5.69 Å². The van der Waals surface area contributed by atoms with Crippen LogP contribution >= 0.6 is 11.6 Å². The summed E-state index contributed by atoms with van der Waals surface area (Å²) < 4.78 is 0. The quantitative estimate of drug-likeness (QED) is 0.883. The summed E-state index contributed by atoms with van der Waals surface area (Å²) in [6, 6.07) is 5.12. The average Bonchev–Trinajstić information content (AvgIpc) is 2.30. The van der Waals surface area contributed by atoms with Crippen molar-refractivity contribution >= 4 is 29.2 Å². The smallest absolute Gasteiger partial charge is 0.307 e. The molecular formula is C13H16ClNO3. The van der Waals surface area contributed by atoms with E-state index < -0.39 is 17.8 Å². The zero-order chi connectivity index (χ0) is 13.9. The van der Waals surface area contributed by atoms with Crippen LogP contribution in [0, 0.1) is 18.8 Å². The van der Waals surface area contributed by atoms with Crippen molar-refractivity contribution in [3.05, 3.63) is 28.8 Å². The van der Waals surface area contributed by atoms with E-state index in [2.05, 4.69) is 5.32 Å². The lowest BCUT2D eigenvalue weighted by Gasteiger charge is -2.16. The topological polar surface area (TPSA) is 66.4 Å². The van der Waals surface area contributed by atoms with E-state index in [0.29, 0.717) is 10.7 Å². The van der Waals surface area contributed by atoms with Crippen molar-refractivity contribution < 1.29 is 14.7 Å². The van der Waals surface area contributed by atoms with Gasteiger partial charge < -0.3 is 10.4 Å². The number of carboxylic acid groups (broad SMARTS) is 1. The van der Waals surface area contributed by atoms with Gasteiger partial charge in [-0.2, -0.15) is 0 Å². The summed E-state index contributed by atoms with van der Waals surface area (Å²) in [6.45, 7) is 4.94. The Kier molecular flexibility index (Phi) is 4.73. The molecule has 1 aromatic carbocycles. The van der Waals surface area contributed by atoms with Gasteiger partial charge in [0.1, 0.15) is 0 Å². The molecule has 1 aromatic rings. The van der Waals surface area contributed by atoms with Gasteiger partial charge in [0.05, 0.1) is 5.92 Å². The Labute approximate surface area is 111 Å². The van der Waals surface area contributed by atoms with Crippen LogP contribution in [0.15, 0.2) is 18.2 Å². The molecule has 18 heavy (non-hydrogen) atoms. The van der Waals surface area contributed by atoms with Crippen molar-refractivity contribution in [3.63, 3.8) is 0 Å². The molecule has 0 fully saturated rings. The predicted octanol–water partition coefficient (Wildman–Crippen LogP) is 2.94. The number of hydrogen-bond donors (Lipinski definition) is 2. The molecule has 0 aromatic heterocycles. The van der Waals surface area contributed by atoms with Crippen LogP contribution < -0.4 is 5.32 Å². The van der Waals surface area contributed by atoms with Gasteiger partial charge in [-0.1, -0.05) is 25.4 Å². The second kappa shape index (κ2) is 5.87. The molecule has 0 aliphatic heterocycles. The van der Waals surface area contributed by atoms with Crippen molar-refractivity contribution in [1.82, 2.24) is 0 Å². The van der Waals surface area contributed by atoms with Crippen LogP contribution in [0.5, 0.6) is 0 Å². The molecule has 4 nitrogen and oxygen atoms in total. The third-order valence-electron chi connectivity index (χ3n) is 3.00. The number of nitrogens with one attached hydrogen (secondary N) is 1. The molecule has 0 radical (unpaired) electrons. The Hall–Kier alpha value is -1.55. The summed E-state index contributed by atoms with van der Waals surface area (Å²) >= 11 is 5.82. The lowest BCUT2D eigenvalue weighted by Crippen LogP contribution is -2.30. The van der Waals surface area contributed by atoms with E-state index in [0.717, 1.165) is 5.56 Å². The Morgan fingerprint density at radius 2 is 1.89 bits per heavy atom. The first-order chi connectivity index (χ1) is 8.32. The second-order valence-electron chi connectivity index (χ2n) is 4.36. The molecule has 0 aliphatic rings. The molecule has 0 saturated carbocycles. The maximum absolute atomic E-state index is 11.9. The number of benzene rings is 1. The zero-order valence-corrected chi connectivity index (χ0v) is 11.3. The standard InChI is InChI=1S/C13H16ClNO3/c1-7-6-10(14)4-5-11(7)15-12(16)8(2)9(3)13(17)18/h4-6,8-9H,1-3H3,(H,15,16)(H,17,18). The zero-order valence-electron chi connectivity index (χ0n) is 10.5.